The summed E-state index contributed by atoms with van der Waals surface area (Å²) in [6, 6.07) is 5.05. The Balaban J connectivity index is 2.25. The van der Waals surface area contributed by atoms with Crippen LogP contribution in [-0.2, 0) is 6.54 Å². The molecule has 2 nitrogen and oxygen atoms in total. The molecule has 0 radical (unpaired) electrons. The van der Waals surface area contributed by atoms with Crippen LogP contribution in [0, 0.1) is 11.7 Å². The molecule has 1 unspecified atom stereocenters. The maximum atomic E-state index is 13.2. The van der Waals surface area contributed by atoms with Crippen molar-refractivity contribution in [3.8, 4) is 0 Å². The number of hydrogen-bond acceptors (Lipinski definition) is 2. The maximum Gasteiger partial charge on any atom is 0.137 e. The molecule has 4 heteroatoms. The van der Waals surface area contributed by atoms with Crippen molar-refractivity contribution >= 4 is 15.9 Å². The highest BCUT2D eigenvalue weighted by atomic mass is 79.9. The van der Waals surface area contributed by atoms with Gasteiger partial charge in [-0.1, -0.05) is 19.1 Å². The van der Waals surface area contributed by atoms with Gasteiger partial charge in [-0.25, -0.2) is 4.39 Å². The zero-order valence-corrected chi connectivity index (χ0v) is 11.6. The van der Waals surface area contributed by atoms with Crippen LogP contribution in [0.25, 0.3) is 0 Å². The van der Waals surface area contributed by atoms with Crippen molar-refractivity contribution in [2.45, 2.75) is 26.3 Å². The molecule has 0 aliphatic heterocycles. The van der Waals surface area contributed by atoms with Crippen molar-refractivity contribution in [1.82, 2.24) is 5.32 Å². The molecule has 1 atom stereocenters. The molecule has 0 saturated carbocycles. The Morgan fingerprint density at radius 3 is 2.94 bits per heavy atom. The van der Waals surface area contributed by atoms with Crippen molar-refractivity contribution in [3.05, 3.63) is 34.1 Å². The van der Waals surface area contributed by atoms with Crippen LogP contribution in [-0.4, -0.2) is 18.3 Å². The quantitative estimate of drug-likeness (QED) is 0.759. The fourth-order valence-corrected chi connectivity index (χ4v) is 1.98. The molecule has 0 fully saturated rings. The first-order valence-corrected chi connectivity index (χ1v) is 6.69. The first kappa shape index (κ1) is 14.6. The van der Waals surface area contributed by atoms with Crippen LogP contribution < -0.4 is 5.32 Å². The highest BCUT2D eigenvalue weighted by Crippen LogP contribution is 2.20. The van der Waals surface area contributed by atoms with Crippen LogP contribution in [0.1, 0.15) is 25.3 Å². The number of benzene rings is 1. The van der Waals surface area contributed by atoms with Crippen molar-refractivity contribution in [3.63, 3.8) is 0 Å². The summed E-state index contributed by atoms with van der Waals surface area (Å²) < 4.78 is 13.7. The van der Waals surface area contributed by atoms with Crippen molar-refractivity contribution < 1.29 is 9.50 Å². The van der Waals surface area contributed by atoms with Gasteiger partial charge in [0.2, 0.25) is 0 Å². The van der Waals surface area contributed by atoms with Crippen LogP contribution in [0.3, 0.4) is 0 Å². The van der Waals surface area contributed by atoms with E-state index in [1.54, 1.807) is 6.07 Å². The SMILES string of the molecule is CC(CO)CCCNCc1cccc(F)c1Br. The predicted octanol–water partition coefficient (Wildman–Crippen LogP) is 3.09. The molecule has 0 aliphatic rings. The molecular formula is C13H19BrFNO. The minimum atomic E-state index is -0.224. The average Bonchev–Trinajstić information content (AvgIpc) is 2.33. The number of aliphatic hydroxyl groups excluding tert-OH is 1. The van der Waals surface area contributed by atoms with Crippen LogP contribution in [0.15, 0.2) is 22.7 Å². The Hall–Kier alpha value is -0.450. The van der Waals surface area contributed by atoms with E-state index in [0.717, 1.165) is 24.9 Å². The lowest BCUT2D eigenvalue weighted by atomic mass is 10.1. The molecule has 0 heterocycles. The van der Waals surface area contributed by atoms with Crippen LogP contribution in [0.4, 0.5) is 4.39 Å². The van der Waals surface area contributed by atoms with Crippen molar-refractivity contribution in [2.75, 3.05) is 13.2 Å². The molecule has 0 bridgehead atoms. The molecule has 0 saturated heterocycles. The van der Waals surface area contributed by atoms with Gasteiger partial charge in [-0.3, -0.25) is 0 Å². The summed E-state index contributed by atoms with van der Waals surface area (Å²) >= 11 is 3.24. The maximum absolute atomic E-state index is 13.2. The van der Waals surface area contributed by atoms with E-state index in [2.05, 4.69) is 21.2 Å². The Bertz CT molecular complexity index is 346. The normalized spacial score (nSPS) is 12.7. The van der Waals surface area contributed by atoms with E-state index in [-0.39, 0.29) is 12.4 Å². The molecule has 96 valence electrons. The fraction of sp³-hybridized carbons (Fsp3) is 0.538. The standard InChI is InChI=1S/C13H19BrFNO/c1-10(9-17)4-3-7-16-8-11-5-2-6-12(15)13(11)14/h2,5-6,10,16-17H,3-4,7-9H2,1H3. The minimum absolute atomic E-state index is 0.224. The van der Waals surface area contributed by atoms with Gasteiger partial charge < -0.3 is 10.4 Å². The van der Waals surface area contributed by atoms with Gasteiger partial charge in [0, 0.05) is 13.2 Å². The van der Waals surface area contributed by atoms with E-state index in [1.807, 2.05) is 13.0 Å². The lowest BCUT2D eigenvalue weighted by Gasteiger charge is -2.09. The Labute approximate surface area is 110 Å². The first-order chi connectivity index (χ1) is 8.15. The van der Waals surface area contributed by atoms with Crippen LogP contribution in [0.2, 0.25) is 0 Å². The molecule has 0 amide bonds. The summed E-state index contributed by atoms with van der Waals surface area (Å²) in [7, 11) is 0. The molecule has 1 aromatic carbocycles. The molecule has 2 N–H and O–H groups in total. The molecule has 1 aromatic rings. The molecule has 17 heavy (non-hydrogen) atoms. The highest BCUT2D eigenvalue weighted by Gasteiger charge is 2.04. The van der Waals surface area contributed by atoms with Gasteiger partial charge in [-0.15, -0.1) is 0 Å². The van der Waals surface area contributed by atoms with E-state index in [4.69, 9.17) is 5.11 Å². The lowest BCUT2D eigenvalue weighted by Crippen LogP contribution is -2.16. The fourth-order valence-electron chi connectivity index (χ4n) is 1.57. The Morgan fingerprint density at radius 2 is 2.24 bits per heavy atom. The van der Waals surface area contributed by atoms with Gasteiger partial charge >= 0.3 is 0 Å². The largest absolute Gasteiger partial charge is 0.396 e. The second-order valence-corrected chi connectivity index (χ2v) is 5.11. The van der Waals surface area contributed by atoms with Gasteiger partial charge in [-0.2, -0.15) is 0 Å². The average molecular weight is 304 g/mol. The van der Waals surface area contributed by atoms with Crippen molar-refractivity contribution in [2.24, 2.45) is 5.92 Å². The van der Waals surface area contributed by atoms with Crippen molar-refractivity contribution in [1.29, 1.82) is 0 Å². The second kappa shape index (κ2) is 7.80. The number of hydrogen-bond donors (Lipinski definition) is 2. The molecule has 1 rings (SSSR count). The highest BCUT2D eigenvalue weighted by molar-refractivity contribution is 9.10. The van der Waals surface area contributed by atoms with Gasteiger partial charge in [0.05, 0.1) is 4.47 Å². The zero-order valence-electron chi connectivity index (χ0n) is 10.0. The topological polar surface area (TPSA) is 32.3 Å². The monoisotopic (exact) mass is 303 g/mol. The minimum Gasteiger partial charge on any atom is -0.396 e. The van der Waals surface area contributed by atoms with E-state index in [0.29, 0.717) is 16.9 Å². The van der Waals surface area contributed by atoms with Gasteiger partial charge in [-0.05, 0) is 52.9 Å². The van der Waals surface area contributed by atoms with E-state index < -0.39 is 0 Å². The van der Waals surface area contributed by atoms with E-state index in [9.17, 15) is 4.39 Å². The molecular weight excluding hydrogens is 285 g/mol. The van der Waals surface area contributed by atoms with Crippen LogP contribution >= 0.6 is 15.9 Å². The smallest absolute Gasteiger partial charge is 0.137 e. The van der Waals surface area contributed by atoms with Gasteiger partial charge in [0.1, 0.15) is 5.82 Å². The number of aliphatic hydroxyl groups is 1. The summed E-state index contributed by atoms with van der Waals surface area (Å²) in [5.41, 5.74) is 0.931. The predicted molar refractivity (Wildman–Crippen MR) is 71.3 cm³/mol. The third-order valence-electron chi connectivity index (χ3n) is 2.71. The number of nitrogens with one attached hydrogen (secondary N) is 1. The summed E-state index contributed by atoms with van der Waals surface area (Å²) in [6.07, 6.45) is 2.03. The summed E-state index contributed by atoms with van der Waals surface area (Å²) in [5, 5.41) is 12.1. The zero-order chi connectivity index (χ0) is 12.7. The van der Waals surface area contributed by atoms with E-state index >= 15 is 0 Å². The lowest BCUT2D eigenvalue weighted by molar-refractivity contribution is 0.228. The third-order valence-corrected chi connectivity index (χ3v) is 3.60. The molecule has 0 spiro atoms. The summed E-state index contributed by atoms with van der Waals surface area (Å²) in [6.45, 7) is 3.82. The third kappa shape index (κ3) is 5.15. The van der Waals surface area contributed by atoms with E-state index in [1.165, 1.54) is 6.07 Å². The Morgan fingerprint density at radius 1 is 1.47 bits per heavy atom. The summed E-state index contributed by atoms with van der Waals surface area (Å²) in [5.74, 6) is 0.135. The first-order valence-electron chi connectivity index (χ1n) is 5.89. The van der Waals surface area contributed by atoms with Gasteiger partial charge in [0.15, 0.2) is 0 Å². The second-order valence-electron chi connectivity index (χ2n) is 4.32. The number of halogens is 2. The Kier molecular flexibility index (Phi) is 6.70. The summed E-state index contributed by atoms with van der Waals surface area (Å²) in [4.78, 5) is 0. The molecule has 0 aliphatic carbocycles. The van der Waals surface area contributed by atoms with Gasteiger partial charge in [0.25, 0.3) is 0 Å². The number of rotatable bonds is 7. The molecule has 0 aromatic heterocycles. The van der Waals surface area contributed by atoms with Crippen LogP contribution in [0.5, 0.6) is 0 Å².